The van der Waals surface area contributed by atoms with Crippen molar-refractivity contribution in [2.75, 3.05) is 17.4 Å². The van der Waals surface area contributed by atoms with E-state index in [2.05, 4.69) is 5.32 Å². The zero-order valence-electron chi connectivity index (χ0n) is 22.9. The van der Waals surface area contributed by atoms with E-state index in [0.29, 0.717) is 17.8 Å². The molecule has 2 amide bonds. The number of carbonyl (C=O) groups excluding carboxylic acids is 2. The molecular formula is C30H36FN3O4S. The number of anilines is 1. The second kappa shape index (κ2) is 13.4. The van der Waals surface area contributed by atoms with Gasteiger partial charge in [0.15, 0.2) is 0 Å². The van der Waals surface area contributed by atoms with Crippen molar-refractivity contribution >= 4 is 27.5 Å². The molecule has 3 rings (SSSR count). The number of para-hydroxylation sites is 1. The molecule has 1 N–H and O–H groups in total. The largest absolute Gasteiger partial charge is 0.354 e. The van der Waals surface area contributed by atoms with Crippen LogP contribution in [0.4, 0.5) is 10.1 Å². The summed E-state index contributed by atoms with van der Waals surface area (Å²) in [7, 11) is -4.16. The summed E-state index contributed by atoms with van der Waals surface area (Å²) in [4.78, 5) is 28.1. The van der Waals surface area contributed by atoms with Crippen molar-refractivity contribution in [1.82, 2.24) is 10.2 Å². The predicted octanol–water partition coefficient (Wildman–Crippen LogP) is 4.97. The molecular weight excluding hydrogens is 517 g/mol. The van der Waals surface area contributed by atoms with Gasteiger partial charge in [0.2, 0.25) is 11.8 Å². The van der Waals surface area contributed by atoms with Gasteiger partial charge in [0, 0.05) is 18.7 Å². The summed E-state index contributed by atoms with van der Waals surface area (Å²) in [5.41, 5.74) is 2.12. The molecule has 0 heterocycles. The molecule has 9 heteroatoms. The molecule has 3 aromatic carbocycles. The van der Waals surface area contributed by atoms with Gasteiger partial charge in [-0.15, -0.1) is 0 Å². The van der Waals surface area contributed by atoms with Gasteiger partial charge in [0.25, 0.3) is 10.0 Å². The van der Waals surface area contributed by atoms with Gasteiger partial charge in [0.1, 0.15) is 18.4 Å². The van der Waals surface area contributed by atoms with Crippen molar-refractivity contribution in [2.45, 2.75) is 58.0 Å². The third-order valence-electron chi connectivity index (χ3n) is 6.57. The van der Waals surface area contributed by atoms with Gasteiger partial charge in [-0.25, -0.2) is 12.8 Å². The van der Waals surface area contributed by atoms with Crippen molar-refractivity contribution in [1.29, 1.82) is 0 Å². The van der Waals surface area contributed by atoms with Crippen molar-refractivity contribution in [3.05, 3.63) is 95.3 Å². The van der Waals surface area contributed by atoms with Gasteiger partial charge < -0.3 is 10.2 Å². The maximum atomic E-state index is 14.6. The third kappa shape index (κ3) is 7.44. The maximum absolute atomic E-state index is 14.6. The number of hydrogen-bond donors (Lipinski definition) is 1. The highest BCUT2D eigenvalue weighted by molar-refractivity contribution is 7.92. The molecule has 39 heavy (non-hydrogen) atoms. The number of unbranched alkanes of at least 4 members (excludes halogenated alkanes) is 1. The molecule has 0 aromatic heterocycles. The summed E-state index contributed by atoms with van der Waals surface area (Å²) in [5, 5.41) is 2.82. The number of nitrogens with zero attached hydrogens (tertiary/aromatic N) is 2. The normalized spacial score (nSPS) is 12.0. The van der Waals surface area contributed by atoms with Crippen molar-refractivity contribution in [3.63, 3.8) is 0 Å². The highest BCUT2D eigenvalue weighted by Gasteiger charge is 2.33. The predicted molar refractivity (Wildman–Crippen MR) is 151 cm³/mol. The van der Waals surface area contributed by atoms with Crippen LogP contribution in [0, 0.1) is 19.7 Å². The van der Waals surface area contributed by atoms with E-state index >= 15 is 0 Å². The zero-order chi connectivity index (χ0) is 28.6. The van der Waals surface area contributed by atoms with Gasteiger partial charge in [-0.05, 0) is 57.0 Å². The quantitative estimate of drug-likeness (QED) is 0.321. The van der Waals surface area contributed by atoms with Crippen LogP contribution < -0.4 is 9.62 Å². The van der Waals surface area contributed by atoms with E-state index in [1.54, 1.807) is 68.4 Å². The number of amides is 2. The molecule has 0 aliphatic heterocycles. The highest BCUT2D eigenvalue weighted by atomic mass is 32.2. The first kappa shape index (κ1) is 29.8. The summed E-state index contributed by atoms with van der Waals surface area (Å²) >= 11 is 0. The number of carbonyl (C=O) groups is 2. The van der Waals surface area contributed by atoms with Crippen LogP contribution in [0.2, 0.25) is 0 Å². The minimum atomic E-state index is -4.16. The molecule has 0 fully saturated rings. The Morgan fingerprint density at radius 2 is 1.59 bits per heavy atom. The lowest BCUT2D eigenvalue weighted by molar-refractivity contribution is -0.139. The molecule has 0 radical (unpaired) electrons. The summed E-state index contributed by atoms with van der Waals surface area (Å²) in [5.74, 6) is -1.54. The average molecular weight is 554 g/mol. The summed E-state index contributed by atoms with van der Waals surface area (Å²) in [6.45, 7) is 6.86. The van der Waals surface area contributed by atoms with Gasteiger partial charge >= 0.3 is 0 Å². The highest BCUT2D eigenvalue weighted by Crippen LogP contribution is 2.27. The Kier molecular flexibility index (Phi) is 10.2. The van der Waals surface area contributed by atoms with E-state index in [4.69, 9.17) is 0 Å². The van der Waals surface area contributed by atoms with E-state index in [1.807, 2.05) is 13.8 Å². The molecule has 1 atom stereocenters. The topological polar surface area (TPSA) is 86.8 Å². The van der Waals surface area contributed by atoms with Crippen molar-refractivity contribution < 1.29 is 22.4 Å². The molecule has 0 saturated carbocycles. The van der Waals surface area contributed by atoms with E-state index in [1.165, 1.54) is 23.1 Å². The number of sulfonamides is 1. The van der Waals surface area contributed by atoms with Gasteiger partial charge in [-0.2, -0.15) is 0 Å². The van der Waals surface area contributed by atoms with Crippen molar-refractivity contribution in [3.8, 4) is 0 Å². The smallest absolute Gasteiger partial charge is 0.264 e. The Balaban J connectivity index is 2.02. The first-order valence-corrected chi connectivity index (χ1v) is 14.5. The summed E-state index contributed by atoms with van der Waals surface area (Å²) in [6.07, 6.45) is 1.66. The fraction of sp³-hybridized carbons (Fsp3) is 0.333. The minimum Gasteiger partial charge on any atom is -0.354 e. The number of rotatable bonds is 12. The lowest BCUT2D eigenvalue weighted by atomic mass is 10.1. The summed E-state index contributed by atoms with van der Waals surface area (Å²) in [6, 6.07) is 18.3. The first-order valence-electron chi connectivity index (χ1n) is 13.0. The van der Waals surface area contributed by atoms with Crippen LogP contribution in [-0.2, 0) is 26.2 Å². The Bertz CT molecular complexity index is 1390. The lowest BCUT2D eigenvalue weighted by Crippen LogP contribution is -2.51. The lowest BCUT2D eigenvalue weighted by Gasteiger charge is -2.32. The standard InChI is InChI=1S/C30H36FN3O4S/c1-5-6-19-32-30(36)24(4)33(20-25-12-8-9-13-27(25)31)29(35)21-34(28-14-10-7-11-23(28)3)39(37,38)26-17-15-22(2)16-18-26/h7-18,24H,5-6,19-21H2,1-4H3,(H,32,36)/t24-/m0/s1. The molecule has 0 aliphatic rings. The number of nitrogens with one attached hydrogen (secondary N) is 1. The molecule has 0 aliphatic carbocycles. The van der Waals surface area contributed by atoms with E-state index < -0.39 is 40.2 Å². The fourth-order valence-electron chi connectivity index (χ4n) is 4.12. The SMILES string of the molecule is CCCCNC(=O)[C@H](C)N(Cc1ccccc1F)C(=O)CN(c1ccccc1C)S(=O)(=O)c1ccc(C)cc1. The van der Waals surface area contributed by atoms with Crippen molar-refractivity contribution in [2.24, 2.45) is 0 Å². The molecule has 0 unspecified atom stereocenters. The maximum Gasteiger partial charge on any atom is 0.264 e. The molecule has 3 aromatic rings. The molecule has 7 nitrogen and oxygen atoms in total. The van der Waals surface area contributed by atoms with Crippen LogP contribution in [-0.4, -0.2) is 44.3 Å². The second-order valence-electron chi connectivity index (χ2n) is 9.54. The van der Waals surface area contributed by atoms with Crippen LogP contribution in [0.15, 0.2) is 77.7 Å². The zero-order valence-corrected chi connectivity index (χ0v) is 23.7. The van der Waals surface area contributed by atoms with Crippen LogP contribution in [0.3, 0.4) is 0 Å². The molecule has 208 valence electrons. The monoisotopic (exact) mass is 553 g/mol. The van der Waals surface area contributed by atoms with Crippen LogP contribution >= 0.6 is 0 Å². The Labute approximate surface area is 230 Å². The fourth-order valence-corrected chi connectivity index (χ4v) is 5.60. The number of aryl methyl sites for hydroxylation is 2. The first-order chi connectivity index (χ1) is 18.6. The Morgan fingerprint density at radius 1 is 0.949 bits per heavy atom. The number of halogens is 1. The molecule has 0 saturated heterocycles. The average Bonchev–Trinajstić information content (AvgIpc) is 2.91. The van der Waals surface area contributed by atoms with Crippen LogP contribution in [0.5, 0.6) is 0 Å². The van der Waals surface area contributed by atoms with E-state index in [9.17, 15) is 22.4 Å². The summed E-state index contributed by atoms with van der Waals surface area (Å²) < 4.78 is 43.4. The third-order valence-corrected chi connectivity index (χ3v) is 8.34. The Hall–Kier alpha value is -3.72. The molecule has 0 spiro atoms. The molecule has 0 bridgehead atoms. The van der Waals surface area contributed by atoms with Crippen LogP contribution in [0.25, 0.3) is 0 Å². The van der Waals surface area contributed by atoms with Gasteiger partial charge in [-0.3, -0.25) is 13.9 Å². The second-order valence-corrected chi connectivity index (χ2v) is 11.4. The van der Waals surface area contributed by atoms with E-state index in [0.717, 1.165) is 22.7 Å². The van der Waals surface area contributed by atoms with E-state index in [-0.39, 0.29) is 17.0 Å². The number of benzene rings is 3. The minimum absolute atomic E-state index is 0.0372. The van der Waals surface area contributed by atoms with Crippen LogP contribution in [0.1, 0.15) is 43.4 Å². The Morgan fingerprint density at radius 3 is 2.23 bits per heavy atom. The van der Waals surface area contributed by atoms with Gasteiger partial charge in [0.05, 0.1) is 10.6 Å². The number of hydrogen-bond acceptors (Lipinski definition) is 4. The van der Waals surface area contributed by atoms with Gasteiger partial charge in [-0.1, -0.05) is 67.4 Å².